The first-order chi connectivity index (χ1) is 18.1. The number of fused-ring (bicyclic) bond motifs is 1. The molecule has 2 heterocycles. The Kier molecular flexibility index (Phi) is 6.93. The van der Waals surface area contributed by atoms with Crippen molar-refractivity contribution in [2.75, 3.05) is 12.0 Å². The molecule has 1 N–H and O–H groups in total. The van der Waals surface area contributed by atoms with Gasteiger partial charge in [-0.2, -0.15) is 0 Å². The normalized spacial score (nSPS) is 11.7. The molecule has 0 fully saturated rings. The second kappa shape index (κ2) is 10.8. The van der Waals surface area contributed by atoms with Crippen LogP contribution in [0.1, 0.15) is 17.4 Å². The number of para-hydroxylation sites is 1. The van der Waals surface area contributed by atoms with Crippen LogP contribution < -0.4 is 15.0 Å². The molecule has 0 spiro atoms. The van der Waals surface area contributed by atoms with Crippen molar-refractivity contribution in [3.8, 4) is 5.75 Å². The molecule has 0 bridgehead atoms. The molecule has 3 aromatic carbocycles. The first-order valence-electron chi connectivity index (χ1n) is 11.7. The standard InChI is InChI=1S/C28H25N5O4/c1-36-22-15-13-21(14-16-22)33(26(34)19-32-25-12-6-5-11-24(25)30-31-32)27(20-8-3-2-4-9-20)28(35)29-18-23-10-7-17-37-23/h2-17,27H,18-19H2,1H3,(H,29,35). The zero-order valence-electron chi connectivity index (χ0n) is 20.2. The Bertz CT molecular complexity index is 1480. The first-order valence-corrected chi connectivity index (χ1v) is 11.7. The summed E-state index contributed by atoms with van der Waals surface area (Å²) < 4.78 is 12.2. The number of hydrogen-bond acceptors (Lipinski definition) is 6. The molecule has 0 saturated carbocycles. The minimum atomic E-state index is -0.952. The highest BCUT2D eigenvalue weighted by atomic mass is 16.5. The van der Waals surface area contributed by atoms with Gasteiger partial charge in [0.15, 0.2) is 0 Å². The van der Waals surface area contributed by atoms with Crippen molar-refractivity contribution in [3.05, 3.63) is 109 Å². The number of anilines is 1. The average molecular weight is 496 g/mol. The van der Waals surface area contributed by atoms with Crippen molar-refractivity contribution in [2.24, 2.45) is 0 Å². The number of carbonyl (C=O) groups excluding carboxylic acids is 2. The number of ether oxygens (including phenoxy) is 1. The summed E-state index contributed by atoms with van der Waals surface area (Å²) in [5.41, 5.74) is 2.61. The number of nitrogens with one attached hydrogen (secondary N) is 1. The number of amides is 2. The van der Waals surface area contributed by atoms with Gasteiger partial charge in [-0.05, 0) is 54.1 Å². The quantitative estimate of drug-likeness (QED) is 0.330. The van der Waals surface area contributed by atoms with Crippen LogP contribution in [0.5, 0.6) is 5.75 Å². The maximum absolute atomic E-state index is 14.0. The van der Waals surface area contributed by atoms with E-state index in [4.69, 9.17) is 9.15 Å². The highest BCUT2D eigenvalue weighted by Gasteiger charge is 2.33. The van der Waals surface area contributed by atoms with Gasteiger partial charge in [0.25, 0.3) is 0 Å². The number of hydrogen-bond donors (Lipinski definition) is 1. The molecule has 5 rings (SSSR count). The second-order valence-corrected chi connectivity index (χ2v) is 8.31. The number of methoxy groups -OCH3 is 1. The molecule has 0 radical (unpaired) electrons. The maximum atomic E-state index is 14.0. The zero-order valence-corrected chi connectivity index (χ0v) is 20.2. The Hall–Kier alpha value is -4.92. The highest BCUT2D eigenvalue weighted by molar-refractivity contribution is 6.01. The van der Waals surface area contributed by atoms with Crippen molar-refractivity contribution in [2.45, 2.75) is 19.1 Å². The SMILES string of the molecule is COc1ccc(N(C(=O)Cn2nnc3ccccc32)C(C(=O)NCc2ccco2)c2ccccc2)cc1. The molecule has 9 heteroatoms. The van der Waals surface area contributed by atoms with Crippen molar-refractivity contribution >= 4 is 28.5 Å². The van der Waals surface area contributed by atoms with E-state index >= 15 is 0 Å². The predicted octanol–water partition coefficient (Wildman–Crippen LogP) is 4.12. The van der Waals surface area contributed by atoms with E-state index < -0.39 is 6.04 Å². The molecule has 1 unspecified atom stereocenters. The fourth-order valence-corrected chi connectivity index (χ4v) is 4.16. The van der Waals surface area contributed by atoms with Crippen LogP contribution in [0.25, 0.3) is 11.0 Å². The highest BCUT2D eigenvalue weighted by Crippen LogP contribution is 2.30. The lowest BCUT2D eigenvalue weighted by Gasteiger charge is -2.31. The molecule has 2 amide bonds. The van der Waals surface area contributed by atoms with Crippen LogP contribution in [0.4, 0.5) is 5.69 Å². The third kappa shape index (κ3) is 5.20. The number of carbonyl (C=O) groups is 2. The summed E-state index contributed by atoms with van der Waals surface area (Å²) in [4.78, 5) is 29.1. The molecule has 9 nitrogen and oxygen atoms in total. The predicted molar refractivity (Wildman–Crippen MR) is 138 cm³/mol. The molecule has 0 aliphatic rings. The minimum Gasteiger partial charge on any atom is -0.497 e. The second-order valence-electron chi connectivity index (χ2n) is 8.31. The van der Waals surface area contributed by atoms with Crippen molar-refractivity contribution in [1.82, 2.24) is 20.3 Å². The molecular formula is C28H25N5O4. The van der Waals surface area contributed by atoms with E-state index in [0.717, 1.165) is 5.52 Å². The Balaban J connectivity index is 1.54. The number of benzene rings is 3. The van der Waals surface area contributed by atoms with E-state index in [1.54, 1.807) is 49.8 Å². The van der Waals surface area contributed by atoms with E-state index in [1.165, 1.54) is 9.58 Å². The van der Waals surface area contributed by atoms with E-state index in [-0.39, 0.29) is 24.9 Å². The molecule has 0 aliphatic carbocycles. The van der Waals surface area contributed by atoms with Crippen LogP contribution in [0.15, 0.2) is 102 Å². The zero-order chi connectivity index (χ0) is 25.6. The number of rotatable bonds is 9. The largest absolute Gasteiger partial charge is 0.497 e. The number of aromatic nitrogens is 3. The summed E-state index contributed by atoms with van der Waals surface area (Å²) in [6.07, 6.45) is 1.55. The van der Waals surface area contributed by atoms with Crippen molar-refractivity contribution < 1.29 is 18.7 Å². The Labute approximate surface area is 213 Å². The van der Waals surface area contributed by atoms with Gasteiger partial charge >= 0.3 is 0 Å². The van der Waals surface area contributed by atoms with Gasteiger partial charge in [0.2, 0.25) is 11.8 Å². The van der Waals surface area contributed by atoms with Gasteiger partial charge in [-0.25, -0.2) is 4.68 Å². The topological polar surface area (TPSA) is 102 Å². The van der Waals surface area contributed by atoms with Gasteiger partial charge in [-0.3, -0.25) is 14.5 Å². The van der Waals surface area contributed by atoms with Crippen LogP contribution in [0.3, 0.4) is 0 Å². The Morgan fingerprint density at radius 1 is 0.973 bits per heavy atom. The molecule has 5 aromatic rings. The molecule has 0 aliphatic heterocycles. The Morgan fingerprint density at radius 2 is 1.73 bits per heavy atom. The van der Waals surface area contributed by atoms with Gasteiger partial charge in [-0.1, -0.05) is 47.7 Å². The summed E-state index contributed by atoms with van der Waals surface area (Å²) >= 11 is 0. The van der Waals surface area contributed by atoms with Crippen LogP contribution in [-0.2, 0) is 22.7 Å². The third-order valence-electron chi connectivity index (χ3n) is 5.96. The first kappa shape index (κ1) is 23.8. The minimum absolute atomic E-state index is 0.110. The molecule has 0 saturated heterocycles. The van der Waals surface area contributed by atoms with Crippen LogP contribution in [0.2, 0.25) is 0 Å². The molecule has 186 valence electrons. The summed E-state index contributed by atoms with van der Waals surface area (Å²) in [6, 6.07) is 26.2. The molecule has 1 atom stereocenters. The van der Waals surface area contributed by atoms with Gasteiger partial charge in [0.1, 0.15) is 29.6 Å². The molecule has 2 aromatic heterocycles. The lowest BCUT2D eigenvalue weighted by atomic mass is 10.0. The fourth-order valence-electron chi connectivity index (χ4n) is 4.16. The van der Waals surface area contributed by atoms with E-state index in [1.807, 2.05) is 54.6 Å². The van der Waals surface area contributed by atoms with Gasteiger partial charge < -0.3 is 14.5 Å². The smallest absolute Gasteiger partial charge is 0.249 e. The maximum Gasteiger partial charge on any atom is 0.249 e. The fraction of sp³-hybridized carbons (Fsp3) is 0.143. The monoisotopic (exact) mass is 495 g/mol. The Morgan fingerprint density at radius 3 is 2.46 bits per heavy atom. The number of furan rings is 1. The van der Waals surface area contributed by atoms with Gasteiger partial charge in [0, 0.05) is 5.69 Å². The molecular weight excluding hydrogens is 470 g/mol. The molecule has 37 heavy (non-hydrogen) atoms. The van der Waals surface area contributed by atoms with Crippen LogP contribution in [0, 0.1) is 0 Å². The van der Waals surface area contributed by atoms with Gasteiger partial charge in [0.05, 0.1) is 25.4 Å². The lowest BCUT2D eigenvalue weighted by molar-refractivity contribution is -0.127. The lowest BCUT2D eigenvalue weighted by Crippen LogP contribution is -2.45. The summed E-state index contributed by atoms with van der Waals surface area (Å²) in [5.74, 6) is 0.562. The summed E-state index contributed by atoms with van der Waals surface area (Å²) in [6.45, 7) is 0.0782. The van der Waals surface area contributed by atoms with Crippen LogP contribution in [-0.4, -0.2) is 33.9 Å². The number of nitrogens with zero attached hydrogens (tertiary/aromatic N) is 4. The summed E-state index contributed by atoms with van der Waals surface area (Å²) in [5, 5.41) is 11.2. The van der Waals surface area contributed by atoms with E-state index in [2.05, 4.69) is 15.6 Å². The van der Waals surface area contributed by atoms with Gasteiger partial charge in [-0.15, -0.1) is 5.10 Å². The van der Waals surface area contributed by atoms with E-state index in [0.29, 0.717) is 28.3 Å². The third-order valence-corrected chi connectivity index (χ3v) is 5.96. The van der Waals surface area contributed by atoms with Crippen molar-refractivity contribution in [3.63, 3.8) is 0 Å². The van der Waals surface area contributed by atoms with Crippen LogP contribution >= 0.6 is 0 Å². The van der Waals surface area contributed by atoms with Crippen molar-refractivity contribution in [1.29, 1.82) is 0 Å². The average Bonchev–Trinajstić information content (AvgIpc) is 3.61. The van der Waals surface area contributed by atoms with E-state index in [9.17, 15) is 9.59 Å². The summed E-state index contributed by atoms with van der Waals surface area (Å²) in [7, 11) is 1.57.